The number of likely N-dealkylation sites (tertiary alicyclic amines) is 1. The molecule has 5 heteroatoms. The van der Waals surface area contributed by atoms with E-state index < -0.39 is 5.60 Å². The van der Waals surface area contributed by atoms with Crippen molar-refractivity contribution in [2.24, 2.45) is 5.92 Å². The molecular weight excluding hydrogens is 318 g/mol. The number of hydrogen-bond acceptors (Lipinski definition) is 4. The first-order chi connectivity index (χ1) is 11.7. The Balaban J connectivity index is 2.93. The fourth-order valence-corrected chi connectivity index (χ4v) is 2.95. The Morgan fingerprint density at radius 1 is 1.28 bits per heavy atom. The zero-order chi connectivity index (χ0) is 19.0. The Hall–Kier alpha value is -1.78. The van der Waals surface area contributed by atoms with Crippen LogP contribution >= 0.6 is 0 Å². The summed E-state index contributed by atoms with van der Waals surface area (Å²) in [7, 11) is 0. The number of nitrogens with zero attached hydrogens (tertiary/aromatic N) is 1. The van der Waals surface area contributed by atoms with Crippen LogP contribution in [0.3, 0.4) is 0 Å². The SMILES string of the molecule is C/C=C1/CC(CCC(=O)OCC)CN(C(=O)OC(C)(C)C)/C1=C/CC. The Kier molecular flexibility index (Phi) is 8.20. The van der Waals surface area contributed by atoms with Crippen LogP contribution in [-0.4, -0.2) is 35.7 Å². The minimum Gasteiger partial charge on any atom is -0.466 e. The van der Waals surface area contributed by atoms with Crippen LogP contribution in [0.5, 0.6) is 0 Å². The number of carbonyl (C=O) groups excluding carboxylic acids is 2. The van der Waals surface area contributed by atoms with Crippen LogP contribution in [0.15, 0.2) is 23.4 Å². The molecule has 0 radical (unpaired) electrons. The van der Waals surface area contributed by atoms with Crippen molar-refractivity contribution in [3.05, 3.63) is 23.4 Å². The minimum absolute atomic E-state index is 0.178. The van der Waals surface area contributed by atoms with Crippen LogP contribution in [0.4, 0.5) is 4.79 Å². The van der Waals surface area contributed by atoms with E-state index in [0.717, 1.165) is 24.1 Å². The molecule has 0 N–H and O–H groups in total. The summed E-state index contributed by atoms with van der Waals surface area (Å²) in [4.78, 5) is 26.1. The Morgan fingerprint density at radius 2 is 1.96 bits per heavy atom. The average molecular weight is 351 g/mol. The summed E-state index contributed by atoms with van der Waals surface area (Å²) >= 11 is 0. The number of rotatable bonds is 5. The molecule has 0 aromatic rings. The van der Waals surface area contributed by atoms with Crippen LogP contribution < -0.4 is 0 Å². The Bertz CT molecular complexity index is 528. The van der Waals surface area contributed by atoms with Crippen LogP contribution in [0.25, 0.3) is 0 Å². The third-order valence-corrected chi connectivity index (χ3v) is 3.99. The largest absolute Gasteiger partial charge is 0.466 e. The number of esters is 1. The molecule has 0 spiro atoms. The molecule has 1 aliphatic rings. The summed E-state index contributed by atoms with van der Waals surface area (Å²) in [6, 6.07) is 0. The van der Waals surface area contributed by atoms with Gasteiger partial charge >= 0.3 is 12.1 Å². The van der Waals surface area contributed by atoms with Crippen molar-refractivity contribution in [2.45, 2.75) is 72.8 Å². The van der Waals surface area contributed by atoms with Gasteiger partial charge in [0.25, 0.3) is 0 Å². The fourth-order valence-electron chi connectivity index (χ4n) is 2.95. The van der Waals surface area contributed by atoms with Gasteiger partial charge in [-0.25, -0.2) is 4.79 Å². The minimum atomic E-state index is -0.539. The fraction of sp³-hybridized carbons (Fsp3) is 0.700. The third kappa shape index (κ3) is 6.92. The lowest BCUT2D eigenvalue weighted by Gasteiger charge is -2.37. The van der Waals surface area contributed by atoms with Crippen LogP contribution in [0.1, 0.15) is 67.2 Å². The lowest BCUT2D eigenvalue weighted by atomic mass is 9.87. The zero-order valence-electron chi connectivity index (χ0n) is 16.6. The highest BCUT2D eigenvalue weighted by atomic mass is 16.6. The predicted molar refractivity (Wildman–Crippen MR) is 99.0 cm³/mol. The van der Waals surface area contributed by atoms with Crippen LogP contribution in [-0.2, 0) is 14.3 Å². The number of allylic oxidation sites excluding steroid dienone is 3. The highest BCUT2D eigenvalue weighted by Crippen LogP contribution is 2.34. The maximum Gasteiger partial charge on any atom is 0.414 e. The quantitative estimate of drug-likeness (QED) is 0.666. The predicted octanol–water partition coefficient (Wildman–Crippen LogP) is 4.83. The molecule has 0 bridgehead atoms. The van der Waals surface area contributed by atoms with Gasteiger partial charge in [-0.2, -0.15) is 0 Å². The Morgan fingerprint density at radius 3 is 2.48 bits per heavy atom. The molecule has 142 valence electrons. The molecule has 0 saturated carbocycles. The number of piperidine rings is 1. The first-order valence-corrected chi connectivity index (χ1v) is 9.23. The third-order valence-electron chi connectivity index (χ3n) is 3.99. The van der Waals surface area contributed by atoms with Crippen LogP contribution in [0.2, 0.25) is 0 Å². The van der Waals surface area contributed by atoms with Crippen molar-refractivity contribution in [1.29, 1.82) is 0 Å². The lowest BCUT2D eigenvalue weighted by Crippen LogP contribution is -2.42. The van der Waals surface area contributed by atoms with E-state index in [2.05, 4.69) is 19.1 Å². The second-order valence-corrected chi connectivity index (χ2v) is 7.32. The zero-order valence-corrected chi connectivity index (χ0v) is 16.6. The van der Waals surface area contributed by atoms with Gasteiger partial charge in [0.2, 0.25) is 0 Å². The van der Waals surface area contributed by atoms with Gasteiger partial charge in [-0.05, 0) is 65.4 Å². The number of amides is 1. The van der Waals surface area contributed by atoms with Gasteiger partial charge in [-0.1, -0.05) is 19.1 Å². The number of carbonyl (C=O) groups is 2. The molecule has 1 amide bonds. The van der Waals surface area contributed by atoms with E-state index in [4.69, 9.17) is 9.47 Å². The monoisotopic (exact) mass is 351 g/mol. The van der Waals surface area contributed by atoms with E-state index in [1.165, 1.54) is 0 Å². The first-order valence-electron chi connectivity index (χ1n) is 9.23. The smallest absolute Gasteiger partial charge is 0.414 e. The highest BCUT2D eigenvalue weighted by molar-refractivity contribution is 5.72. The summed E-state index contributed by atoms with van der Waals surface area (Å²) in [5.41, 5.74) is 1.53. The van der Waals surface area contributed by atoms with Crippen molar-refractivity contribution in [3.8, 4) is 0 Å². The van der Waals surface area contributed by atoms with Gasteiger partial charge in [0.15, 0.2) is 0 Å². The summed E-state index contributed by atoms with van der Waals surface area (Å²) < 4.78 is 10.6. The first kappa shape index (κ1) is 21.3. The molecule has 1 rings (SSSR count). The van der Waals surface area contributed by atoms with Gasteiger partial charge in [0.05, 0.1) is 6.61 Å². The van der Waals surface area contributed by atoms with Gasteiger partial charge in [0.1, 0.15) is 5.60 Å². The number of hydrogen-bond donors (Lipinski definition) is 0. The summed E-state index contributed by atoms with van der Waals surface area (Å²) in [5.74, 6) is 0.0420. The molecular formula is C20H33NO4. The molecule has 1 heterocycles. The molecule has 1 aliphatic heterocycles. The van der Waals surface area contributed by atoms with Gasteiger partial charge in [0, 0.05) is 18.7 Å². The second kappa shape index (κ2) is 9.64. The van der Waals surface area contributed by atoms with E-state index in [1.54, 1.807) is 4.90 Å². The van der Waals surface area contributed by atoms with Crippen molar-refractivity contribution in [2.75, 3.05) is 13.2 Å². The molecule has 0 aliphatic carbocycles. The van der Waals surface area contributed by atoms with Crippen molar-refractivity contribution in [1.82, 2.24) is 4.90 Å². The van der Waals surface area contributed by atoms with Gasteiger partial charge < -0.3 is 9.47 Å². The topological polar surface area (TPSA) is 55.8 Å². The molecule has 1 atom stereocenters. The molecule has 1 unspecified atom stereocenters. The maximum absolute atomic E-state index is 12.7. The molecule has 5 nitrogen and oxygen atoms in total. The normalized spacial score (nSPS) is 21.5. The molecule has 0 aromatic heterocycles. The van der Waals surface area contributed by atoms with Crippen LogP contribution in [0, 0.1) is 5.92 Å². The molecule has 0 aromatic carbocycles. The highest BCUT2D eigenvalue weighted by Gasteiger charge is 2.33. The van der Waals surface area contributed by atoms with E-state index in [9.17, 15) is 9.59 Å². The Labute approximate surface area is 152 Å². The van der Waals surface area contributed by atoms with Gasteiger partial charge in [-0.3, -0.25) is 9.69 Å². The van der Waals surface area contributed by atoms with Crippen molar-refractivity contribution >= 4 is 12.1 Å². The maximum atomic E-state index is 12.7. The van der Waals surface area contributed by atoms with E-state index in [-0.39, 0.29) is 18.0 Å². The second-order valence-electron chi connectivity index (χ2n) is 7.32. The van der Waals surface area contributed by atoms with E-state index >= 15 is 0 Å². The summed E-state index contributed by atoms with van der Waals surface area (Å²) in [6.45, 7) is 12.4. The molecule has 1 fully saturated rings. The van der Waals surface area contributed by atoms with Gasteiger partial charge in [-0.15, -0.1) is 0 Å². The van der Waals surface area contributed by atoms with E-state index in [1.807, 2.05) is 34.6 Å². The summed E-state index contributed by atoms with van der Waals surface area (Å²) in [5, 5.41) is 0. The standard InChI is InChI=1S/C20H33NO4/c1-7-10-17-16(8-2)13-15(11-12-18(22)24-9-3)14-21(17)19(23)25-20(4,5)6/h8,10,15H,7,9,11-14H2,1-6H3/b16-8-,17-10+. The molecule has 1 saturated heterocycles. The summed E-state index contributed by atoms with van der Waals surface area (Å²) in [6.07, 6.45) is 6.59. The van der Waals surface area contributed by atoms with Crippen molar-refractivity contribution < 1.29 is 19.1 Å². The lowest BCUT2D eigenvalue weighted by molar-refractivity contribution is -0.143. The average Bonchev–Trinajstić information content (AvgIpc) is 2.52. The van der Waals surface area contributed by atoms with Crippen molar-refractivity contribution in [3.63, 3.8) is 0 Å². The molecule has 25 heavy (non-hydrogen) atoms. The number of ether oxygens (including phenoxy) is 2. The van der Waals surface area contributed by atoms with E-state index in [0.29, 0.717) is 26.0 Å².